The number of carboxylic acid groups (broad SMARTS) is 1. The van der Waals surface area contributed by atoms with Gasteiger partial charge in [0.05, 0.1) is 9.82 Å². The van der Waals surface area contributed by atoms with E-state index in [2.05, 4.69) is 0 Å². The minimum Gasteiger partial charge on any atom is -0.465 e. The molecule has 108 valence electrons. The molecule has 20 heavy (non-hydrogen) atoms. The van der Waals surface area contributed by atoms with Crippen LogP contribution in [-0.2, 0) is 0 Å². The van der Waals surface area contributed by atoms with E-state index >= 15 is 0 Å². The van der Waals surface area contributed by atoms with E-state index in [4.69, 9.17) is 5.11 Å². The number of nitro groups is 1. The van der Waals surface area contributed by atoms with E-state index in [-0.39, 0.29) is 10.6 Å². The van der Waals surface area contributed by atoms with Crippen molar-refractivity contribution in [1.82, 2.24) is 4.90 Å². The van der Waals surface area contributed by atoms with Gasteiger partial charge in [-0.2, -0.15) is 0 Å². The maximum absolute atomic E-state index is 11.0. The minimum absolute atomic E-state index is 0.0932. The Morgan fingerprint density at radius 2 is 2.00 bits per heavy atom. The van der Waals surface area contributed by atoms with Gasteiger partial charge in [0, 0.05) is 37.9 Å². The molecule has 1 amide bonds. The number of piperazine rings is 1. The summed E-state index contributed by atoms with van der Waals surface area (Å²) in [6.45, 7) is 1.91. The number of thioether (sulfide) groups is 1. The Bertz CT molecular complexity index is 529. The fourth-order valence-electron chi connectivity index (χ4n) is 2.17. The molecule has 1 fully saturated rings. The van der Waals surface area contributed by atoms with E-state index in [0.717, 1.165) is 5.69 Å². The Labute approximate surface area is 120 Å². The summed E-state index contributed by atoms with van der Waals surface area (Å²) >= 11 is 1.34. The molecule has 1 aromatic carbocycles. The largest absolute Gasteiger partial charge is 0.465 e. The third kappa shape index (κ3) is 2.96. The summed E-state index contributed by atoms with van der Waals surface area (Å²) in [5.41, 5.74) is 0.857. The van der Waals surface area contributed by atoms with Gasteiger partial charge in [-0.05, 0) is 18.4 Å². The van der Waals surface area contributed by atoms with Crippen LogP contribution in [0.2, 0.25) is 0 Å². The van der Waals surface area contributed by atoms with Gasteiger partial charge in [0.15, 0.2) is 0 Å². The van der Waals surface area contributed by atoms with E-state index in [1.54, 1.807) is 18.4 Å². The van der Waals surface area contributed by atoms with E-state index in [1.165, 1.54) is 16.7 Å². The fourth-order valence-corrected chi connectivity index (χ4v) is 2.72. The number of amides is 1. The first kappa shape index (κ1) is 14.4. The van der Waals surface area contributed by atoms with E-state index in [1.807, 2.05) is 11.0 Å². The summed E-state index contributed by atoms with van der Waals surface area (Å²) < 4.78 is 0. The molecule has 1 aromatic rings. The lowest BCUT2D eigenvalue weighted by Crippen LogP contribution is -2.48. The highest BCUT2D eigenvalue weighted by molar-refractivity contribution is 7.98. The molecule has 0 radical (unpaired) electrons. The molecule has 0 spiro atoms. The van der Waals surface area contributed by atoms with Crippen molar-refractivity contribution >= 4 is 29.2 Å². The summed E-state index contributed by atoms with van der Waals surface area (Å²) in [5, 5.41) is 19.9. The summed E-state index contributed by atoms with van der Waals surface area (Å²) in [7, 11) is 0. The maximum atomic E-state index is 11.0. The van der Waals surface area contributed by atoms with Crippen LogP contribution in [0.15, 0.2) is 23.1 Å². The number of nitro benzene ring substituents is 1. The quantitative estimate of drug-likeness (QED) is 0.522. The molecule has 2 rings (SSSR count). The van der Waals surface area contributed by atoms with Crippen molar-refractivity contribution in [2.75, 3.05) is 37.3 Å². The van der Waals surface area contributed by atoms with Crippen LogP contribution in [0.4, 0.5) is 16.2 Å². The van der Waals surface area contributed by atoms with Gasteiger partial charge in [-0.25, -0.2) is 4.79 Å². The zero-order valence-corrected chi connectivity index (χ0v) is 11.8. The zero-order chi connectivity index (χ0) is 14.7. The number of rotatable bonds is 3. The highest BCUT2D eigenvalue weighted by Gasteiger charge is 2.22. The molecular formula is C12H15N3O4S. The lowest BCUT2D eigenvalue weighted by atomic mass is 10.2. The normalized spacial score (nSPS) is 15.2. The van der Waals surface area contributed by atoms with E-state index in [9.17, 15) is 14.9 Å². The van der Waals surface area contributed by atoms with Gasteiger partial charge in [-0.3, -0.25) is 10.1 Å². The molecule has 0 bridgehead atoms. The monoisotopic (exact) mass is 297 g/mol. The van der Waals surface area contributed by atoms with Gasteiger partial charge in [0.1, 0.15) is 0 Å². The summed E-state index contributed by atoms with van der Waals surface area (Å²) in [5.74, 6) is 0. The predicted molar refractivity (Wildman–Crippen MR) is 76.7 cm³/mol. The van der Waals surface area contributed by atoms with Crippen LogP contribution in [0.5, 0.6) is 0 Å². The van der Waals surface area contributed by atoms with Crippen molar-refractivity contribution in [2.45, 2.75) is 4.90 Å². The fraction of sp³-hybridized carbons (Fsp3) is 0.417. The summed E-state index contributed by atoms with van der Waals surface area (Å²) in [6.07, 6.45) is 0.876. The number of nitrogens with zero attached hydrogens (tertiary/aromatic N) is 3. The Kier molecular flexibility index (Phi) is 4.33. The Hall–Kier alpha value is -1.96. The molecule has 1 aliphatic heterocycles. The molecule has 7 nitrogen and oxygen atoms in total. The molecule has 1 N–H and O–H groups in total. The topological polar surface area (TPSA) is 86.9 Å². The number of hydrogen-bond acceptors (Lipinski definition) is 5. The molecular weight excluding hydrogens is 282 g/mol. The minimum atomic E-state index is -0.923. The maximum Gasteiger partial charge on any atom is 0.407 e. The number of anilines is 1. The third-order valence-corrected chi connectivity index (χ3v) is 4.06. The van der Waals surface area contributed by atoms with Crippen LogP contribution in [0.25, 0.3) is 0 Å². The second-order valence-electron chi connectivity index (χ2n) is 4.37. The van der Waals surface area contributed by atoms with E-state index in [0.29, 0.717) is 31.1 Å². The van der Waals surface area contributed by atoms with Gasteiger partial charge < -0.3 is 14.9 Å². The van der Waals surface area contributed by atoms with Gasteiger partial charge in [0.2, 0.25) is 0 Å². The first-order valence-electron chi connectivity index (χ1n) is 6.08. The predicted octanol–water partition coefficient (Wildman–Crippen LogP) is 2.12. The smallest absolute Gasteiger partial charge is 0.407 e. The van der Waals surface area contributed by atoms with Crippen molar-refractivity contribution in [3.05, 3.63) is 28.3 Å². The summed E-state index contributed by atoms with van der Waals surface area (Å²) in [6, 6.07) is 5.14. The van der Waals surface area contributed by atoms with Gasteiger partial charge in [-0.1, -0.05) is 0 Å². The van der Waals surface area contributed by atoms with Crippen molar-refractivity contribution < 1.29 is 14.8 Å². The first-order valence-corrected chi connectivity index (χ1v) is 7.30. The second kappa shape index (κ2) is 6.00. The van der Waals surface area contributed by atoms with Crippen LogP contribution in [0.1, 0.15) is 0 Å². The average molecular weight is 297 g/mol. The Morgan fingerprint density at radius 3 is 2.50 bits per heavy atom. The van der Waals surface area contributed by atoms with Crippen molar-refractivity contribution in [2.24, 2.45) is 0 Å². The number of benzene rings is 1. The van der Waals surface area contributed by atoms with Crippen LogP contribution in [0, 0.1) is 10.1 Å². The Morgan fingerprint density at radius 1 is 1.35 bits per heavy atom. The van der Waals surface area contributed by atoms with Gasteiger partial charge in [0.25, 0.3) is 5.69 Å². The number of hydrogen-bond donors (Lipinski definition) is 1. The van der Waals surface area contributed by atoms with Crippen molar-refractivity contribution in [1.29, 1.82) is 0 Å². The third-order valence-electron chi connectivity index (χ3n) is 3.27. The molecule has 0 aromatic heterocycles. The highest BCUT2D eigenvalue weighted by Crippen LogP contribution is 2.31. The molecule has 1 heterocycles. The average Bonchev–Trinajstić information content (AvgIpc) is 2.46. The standard InChI is InChI=1S/C12H15N3O4S/c1-20-11-3-2-9(8-10(11)15(18)19)13-4-6-14(7-5-13)12(16)17/h2-3,8H,4-7H2,1H3,(H,16,17). The lowest BCUT2D eigenvalue weighted by molar-refractivity contribution is -0.387. The van der Waals surface area contributed by atoms with Gasteiger partial charge in [-0.15, -0.1) is 11.8 Å². The lowest BCUT2D eigenvalue weighted by Gasteiger charge is -2.34. The first-order chi connectivity index (χ1) is 9.52. The highest BCUT2D eigenvalue weighted by atomic mass is 32.2. The molecule has 8 heteroatoms. The van der Waals surface area contributed by atoms with Crippen LogP contribution in [-0.4, -0.2) is 53.5 Å². The molecule has 0 atom stereocenters. The van der Waals surface area contributed by atoms with Gasteiger partial charge >= 0.3 is 6.09 Å². The van der Waals surface area contributed by atoms with Crippen molar-refractivity contribution in [3.63, 3.8) is 0 Å². The second-order valence-corrected chi connectivity index (χ2v) is 5.22. The zero-order valence-electron chi connectivity index (χ0n) is 11.0. The SMILES string of the molecule is CSc1ccc(N2CCN(C(=O)O)CC2)cc1[N+](=O)[O-]. The Balaban J connectivity index is 2.16. The van der Waals surface area contributed by atoms with Crippen LogP contribution < -0.4 is 4.90 Å². The summed E-state index contributed by atoms with van der Waals surface area (Å²) in [4.78, 5) is 25.4. The van der Waals surface area contributed by atoms with E-state index < -0.39 is 6.09 Å². The molecule has 0 aliphatic carbocycles. The molecule has 0 unspecified atom stereocenters. The molecule has 0 saturated carbocycles. The molecule has 1 saturated heterocycles. The van der Waals surface area contributed by atoms with Crippen LogP contribution in [0.3, 0.4) is 0 Å². The molecule has 1 aliphatic rings. The van der Waals surface area contributed by atoms with Crippen LogP contribution >= 0.6 is 11.8 Å². The van der Waals surface area contributed by atoms with Crippen molar-refractivity contribution in [3.8, 4) is 0 Å². The number of carbonyl (C=O) groups is 1.